The maximum Gasteiger partial charge on any atom is 0.251 e. The summed E-state index contributed by atoms with van der Waals surface area (Å²) in [4.78, 5) is 14.6. The number of nitrogens with two attached hydrogens (primary N) is 1. The molecule has 0 bridgehead atoms. The summed E-state index contributed by atoms with van der Waals surface area (Å²) in [7, 11) is 0. The molecule has 4 nitrogen and oxygen atoms in total. The highest BCUT2D eigenvalue weighted by Gasteiger charge is 2.17. The summed E-state index contributed by atoms with van der Waals surface area (Å²) in [5.74, 6) is -0.0167. The number of amides is 1. The van der Waals surface area contributed by atoms with Crippen LogP contribution in [0, 0.1) is 6.92 Å². The molecule has 3 N–H and O–H groups in total. The number of hydrogen-bond donors (Lipinski definition) is 2. The third kappa shape index (κ3) is 3.73. The predicted octanol–water partition coefficient (Wildman–Crippen LogP) is 2.18. The molecule has 1 unspecified atom stereocenters. The van der Waals surface area contributed by atoms with Crippen molar-refractivity contribution >= 4 is 11.6 Å². The van der Waals surface area contributed by atoms with E-state index in [1.54, 1.807) is 12.1 Å². The number of likely N-dealkylation sites (tertiary alicyclic amines) is 1. The van der Waals surface area contributed by atoms with Crippen molar-refractivity contribution in [3.63, 3.8) is 0 Å². The molecule has 1 heterocycles. The van der Waals surface area contributed by atoms with Crippen LogP contribution in [0.25, 0.3) is 0 Å². The number of aryl methyl sites for hydroxylation is 1. The highest BCUT2D eigenvalue weighted by molar-refractivity contribution is 5.94. The van der Waals surface area contributed by atoms with E-state index in [2.05, 4.69) is 17.1 Å². The Bertz CT molecular complexity index is 467. The zero-order valence-electron chi connectivity index (χ0n) is 12.5. The zero-order valence-corrected chi connectivity index (χ0v) is 12.5. The zero-order chi connectivity index (χ0) is 14.5. The number of carbonyl (C=O) groups excluding carboxylic acids is 1. The van der Waals surface area contributed by atoms with Crippen LogP contribution in [-0.4, -0.2) is 36.5 Å². The van der Waals surface area contributed by atoms with Gasteiger partial charge in [0.05, 0.1) is 0 Å². The molecule has 1 fully saturated rings. The molecule has 1 aromatic carbocycles. The molecule has 1 aromatic rings. The van der Waals surface area contributed by atoms with Crippen molar-refractivity contribution in [2.24, 2.45) is 0 Å². The quantitative estimate of drug-likeness (QED) is 0.828. The molecule has 1 aliphatic heterocycles. The minimum absolute atomic E-state index is 0.0167. The summed E-state index contributed by atoms with van der Waals surface area (Å²) in [6, 6.07) is 5.81. The molecule has 0 aromatic heterocycles. The molecule has 1 amide bonds. The van der Waals surface area contributed by atoms with Gasteiger partial charge in [-0.05, 0) is 63.5 Å². The lowest BCUT2D eigenvalue weighted by atomic mass is 10.1. The van der Waals surface area contributed by atoms with E-state index in [4.69, 9.17) is 5.73 Å². The molecule has 20 heavy (non-hydrogen) atoms. The predicted molar refractivity (Wildman–Crippen MR) is 82.8 cm³/mol. The Morgan fingerprint density at radius 1 is 1.35 bits per heavy atom. The van der Waals surface area contributed by atoms with Crippen LogP contribution in [0.5, 0.6) is 0 Å². The van der Waals surface area contributed by atoms with E-state index >= 15 is 0 Å². The molecule has 0 spiro atoms. The monoisotopic (exact) mass is 275 g/mol. The van der Waals surface area contributed by atoms with Crippen LogP contribution >= 0.6 is 0 Å². The minimum Gasteiger partial charge on any atom is -0.399 e. The summed E-state index contributed by atoms with van der Waals surface area (Å²) in [6.45, 7) is 7.10. The van der Waals surface area contributed by atoms with Crippen LogP contribution in [-0.2, 0) is 0 Å². The van der Waals surface area contributed by atoms with Crippen molar-refractivity contribution in [2.45, 2.75) is 39.2 Å². The van der Waals surface area contributed by atoms with Gasteiger partial charge in [-0.1, -0.05) is 6.42 Å². The highest BCUT2D eigenvalue weighted by Crippen LogP contribution is 2.13. The Labute approximate surface area is 121 Å². The Morgan fingerprint density at radius 2 is 2.05 bits per heavy atom. The number of hydrogen-bond acceptors (Lipinski definition) is 3. The van der Waals surface area contributed by atoms with Gasteiger partial charge in [-0.3, -0.25) is 9.69 Å². The van der Waals surface area contributed by atoms with Crippen LogP contribution in [0.1, 0.15) is 42.1 Å². The molecule has 0 saturated carbocycles. The lowest BCUT2D eigenvalue weighted by Gasteiger charge is -2.32. The molecular formula is C16H25N3O. The highest BCUT2D eigenvalue weighted by atomic mass is 16.1. The second kappa shape index (κ2) is 6.75. The van der Waals surface area contributed by atoms with Crippen molar-refractivity contribution < 1.29 is 4.79 Å². The van der Waals surface area contributed by atoms with E-state index in [0.717, 1.165) is 24.3 Å². The van der Waals surface area contributed by atoms with E-state index in [9.17, 15) is 4.79 Å². The molecule has 1 saturated heterocycles. The van der Waals surface area contributed by atoms with Gasteiger partial charge in [0, 0.05) is 23.8 Å². The number of nitrogen functional groups attached to an aromatic ring is 1. The van der Waals surface area contributed by atoms with Gasteiger partial charge in [0.15, 0.2) is 0 Å². The molecule has 0 radical (unpaired) electrons. The largest absolute Gasteiger partial charge is 0.399 e. The van der Waals surface area contributed by atoms with E-state index in [1.165, 1.54) is 19.3 Å². The summed E-state index contributed by atoms with van der Waals surface area (Å²) >= 11 is 0. The molecule has 2 rings (SSSR count). The van der Waals surface area contributed by atoms with Gasteiger partial charge in [-0.15, -0.1) is 0 Å². The Kier molecular flexibility index (Phi) is 5.01. The van der Waals surface area contributed by atoms with Crippen molar-refractivity contribution in [1.82, 2.24) is 10.2 Å². The van der Waals surface area contributed by atoms with Gasteiger partial charge < -0.3 is 11.1 Å². The lowest BCUT2D eigenvalue weighted by Crippen LogP contribution is -2.44. The first kappa shape index (κ1) is 14.9. The van der Waals surface area contributed by atoms with E-state index in [0.29, 0.717) is 18.2 Å². The van der Waals surface area contributed by atoms with Gasteiger partial charge in [0.25, 0.3) is 5.91 Å². The third-order valence-electron chi connectivity index (χ3n) is 4.10. The van der Waals surface area contributed by atoms with Gasteiger partial charge >= 0.3 is 0 Å². The average molecular weight is 275 g/mol. The van der Waals surface area contributed by atoms with E-state index < -0.39 is 0 Å². The number of nitrogens with zero attached hydrogens (tertiary/aromatic N) is 1. The van der Waals surface area contributed by atoms with Gasteiger partial charge in [-0.25, -0.2) is 0 Å². The number of piperidine rings is 1. The van der Waals surface area contributed by atoms with Crippen LogP contribution in [0.15, 0.2) is 18.2 Å². The van der Waals surface area contributed by atoms with Crippen LogP contribution in [0.2, 0.25) is 0 Å². The first-order valence-corrected chi connectivity index (χ1v) is 7.46. The number of benzene rings is 1. The SMILES string of the molecule is Cc1cc(C(=O)NCC(C)N2CCCCC2)ccc1N. The maximum atomic E-state index is 12.1. The molecule has 1 aliphatic rings. The van der Waals surface area contributed by atoms with E-state index in [-0.39, 0.29) is 5.91 Å². The Morgan fingerprint density at radius 3 is 2.70 bits per heavy atom. The summed E-state index contributed by atoms with van der Waals surface area (Å²) in [5, 5.41) is 3.02. The standard InChI is InChI=1S/C16H25N3O/c1-12-10-14(6-7-15(12)17)16(20)18-11-13(2)19-8-4-3-5-9-19/h6-7,10,13H,3-5,8-9,11,17H2,1-2H3,(H,18,20). The molecule has 1 atom stereocenters. The number of nitrogens with one attached hydrogen (secondary N) is 1. The fourth-order valence-corrected chi connectivity index (χ4v) is 2.65. The molecule has 0 aliphatic carbocycles. The molecule has 4 heteroatoms. The topological polar surface area (TPSA) is 58.4 Å². The molecule has 110 valence electrons. The average Bonchev–Trinajstić information content (AvgIpc) is 2.48. The van der Waals surface area contributed by atoms with Crippen LogP contribution in [0.3, 0.4) is 0 Å². The number of rotatable bonds is 4. The van der Waals surface area contributed by atoms with Crippen LogP contribution < -0.4 is 11.1 Å². The second-order valence-corrected chi connectivity index (χ2v) is 5.73. The number of anilines is 1. The summed E-state index contributed by atoms with van der Waals surface area (Å²) in [5.41, 5.74) is 8.12. The smallest absolute Gasteiger partial charge is 0.251 e. The van der Waals surface area contributed by atoms with Gasteiger partial charge in [0.1, 0.15) is 0 Å². The number of carbonyl (C=O) groups is 1. The van der Waals surface area contributed by atoms with Crippen molar-refractivity contribution in [3.05, 3.63) is 29.3 Å². The van der Waals surface area contributed by atoms with Crippen LogP contribution in [0.4, 0.5) is 5.69 Å². The summed E-state index contributed by atoms with van der Waals surface area (Å²) in [6.07, 6.45) is 3.88. The molecular weight excluding hydrogens is 250 g/mol. The van der Waals surface area contributed by atoms with Crippen molar-refractivity contribution in [1.29, 1.82) is 0 Å². The lowest BCUT2D eigenvalue weighted by molar-refractivity contribution is 0.0930. The second-order valence-electron chi connectivity index (χ2n) is 5.73. The third-order valence-corrected chi connectivity index (χ3v) is 4.10. The Hall–Kier alpha value is -1.55. The fourth-order valence-electron chi connectivity index (χ4n) is 2.65. The normalized spacial score (nSPS) is 17.7. The first-order chi connectivity index (χ1) is 9.58. The maximum absolute atomic E-state index is 12.1. The van der Waals surface area contributed by atoms with Crippen molar-refractivity contribution in [3.8, 4) is 0 Å². The first-order valence-electron chi connectivity index (χ1n) is 7.46. The van der Waals surface area contributed by atoms with E-state index in [1.807, 2.05) is 13.0 Å². The summed E-state index contributed by atoms with van der Waals surface area (Å²) < 4.78 is 0. The Balaban J connectivity index is 1.86. The fraction of sp³-hybridized carbons (Fsp3) is 0.562. The van der Waals surface area contributed by atoms with Gasteiger partial charge in [0.2, 0.25) is 0 Å². The van der Waals surface area contributed by atoms with Gasteiger partial charge in [-0.2, -0.15) is 0 Å². The van der Waals surface area contributed by atoms with Crippen molar-refractivity contribution in [2.75, 3.05) is 25.4 Å². The minimum atomic E-state index is -0.0167.